The molecule has 0 aromatic rings. The van der Waals surface area contributed by atoms with Crippen LogP contribution in [0.15, 0.2) is 0 Å². The number of hydrogen-bond acceptors (Lipinski definition) is 4. The van der Waals surface area contributed by atoms with Gasteiger partial charge in [0.05, 0.1) is 13.7 Å². The molecule has 0 saturated carbocycles. The molecule has 0 unspecified atom stereocenters. The number of rotatable bonds is 3. The molecule has 0 N–H and O–H groups in total. The highest BCUT2D eigenvalue weighted by Crippen LogP contribution is 2.21. The minimum Gasteiger partial charge on any atom is -0.469 e. The Labute approximate surface area is 95.7 Å². The molecule has 1 aliphatic heterocycles. The number of carbonyl (C=O) groups excluding carboxylic acids is 2. The lowest BCUT2D eigenvalue weighted by Gasteiger charge is -2.30. The molecule has 1 saturated heterocycles. The highest BCUT2D eigenvalue weighted by Gasteiger charge is 2.25. The summed E-state index contributed by atoms with van der Waals surface area (Å²) in [6.45, 7) is 3.53. The summed E-state index contributed by atoms with van der Waals surface area (Å²) in [5.41, 5.74) is 0. The summed E-state index contributed by atoms with van der Waals surface area (Å²) in [6, 6.07) is 0. The lowest BCUT2D eigenvalue weighted by molar-refractivity contribution is -0.142. The third-order valence-electron chi connectivity index (χ3n) is 2.82. The SMILES string of the molecule is CCOC(=O)N1CCC(CC(=O)OC)CC1. The van der Waals surface area contributed by atoms with E-state index in [-0.39, 0.29) is 12.1 Å². The van der Waals surface area contributed by atoms with Crippen LogP contribution in [0.1, 0.15) is 26.2 Å². The zero-order valence-corrected chi connectivity index (χ0v) is 9.90. The highest BCUT2D eigenvalue weighted by molar-refractivity contribution is 5.70. The van der Waals surface area contributed by atoms with Gasteiger partial charge in [0, 0.05) is 19.5 Å². The summed E-state index contributed by atoms with van der Waals surface area (Å²) in [4.78, 5) is 24.2. The first-order valence-electron chi connectivity index (χ1n) is 5.65. The quantitative estimate of drug-likeness (QED) is 0.687. The van der Waals surface area contributed by atoms with E-state index in [0.717, 1.165) is 12.8 Å². The van der Waals surface area contributed by atoms with Crippen molar-refractivity contribution in [2.45, 2.75) is 26.2 Å². The van der Waals surface area contributed by atoms with E-state index >= 15 is 0 Å². The molecule has 0 atom stereocenters. The predicted molar refractivity (Wildman–Crippen MR) is 58.0 cm³/mol. The van der Waals surface area contributed by atoms with E-state index in [4.69, 9.17) is 4.74 Å². The average Bonchev–Trinajstić information content (AvgIpc) is 2.30. The maximum Gasteiger partial charge on any atom is 0.409 e. The molecule has 1 heterocycles. The van der Waals surface area contributed by atoms with Gasteiger partial charge in [-0.05, 0) is 25.7 Å². The fourth-order valence-corrected chi connectivity index (χ4v) is 1.85. The molecule has 92 valence electrons. The number of piperidine rings is 1. The van der Waals surface area contributed by atoms with Crippen molar-refractivity contribution in [2.75, 3.05) is 26.8 Å². The first-order valence-corrected chi connectivity index (χ1v) is 5.65. The lowest BCUT2D eigenvalue weighted by Crippen LogP contribution is -2.39. The topological polar surface area (TPSA) is 55.8 Å². The second kappa shape index (κ2) is 6.35. The largest absolute Gasteiger partial charge is 0.469 e. The normalized spacial score (nSPS) is 17.0. The number of carbonyl (C=O) groups is 2. The standard InChI is InChI=1S/C11H19NO4/c1-3-16-11(14)12-6-4-9(5-7-12)8-10(13)15-2/h9H,3-8H2,1-2H3. The van der Waals surface area contributed by atoms with Gasteiger partial charge in [0.1, 0.15) is 0 Å². The van der Waals surface area contributed by atoms with Crippen molar-refractivity contribution in [1.29, 1.82) is 0 Å². The average molecular weight is 229 g/mol. The summed E-state index contributed by atoms with van der Waals surface area (Å²) < 4.78 is 9.54. The molecule has 0 bridgehead atoms. The van der Waals surface area contributed by atoms with E-state index in [2.05, 4.69) is 4.74 Å². The molecule has 1 aliphatic rings. The van der Waals surface area contributed by atoms with Crippen LogP contribution in [0.5, 0.6) is 0 Å². The van der Waals surface area contributed by atoms with Crippen LogP contribution in [-0.2, 0) is 14.3 Å². The Hall–Kier alpha value is -1.26. The number of likely N-dealkylation sites (tertiary alicyclic amines) is 1. The Morgan fingerprint density at radius 1 is 1.31 bits per heavy atom. The van der Waals surface area contributed by atoms with Gasteiger partial charge in [-0.2, -0.15) is 0 Å². The van der Waals surface area contributed by atoms with Gasteiger partial charge >= 0.3 is 12.1 Å². The van der Waals surface area contributed by atoms with Crippen LogP contribution in [0.25, 0.3) is 0 Å². The molecule has 0 spiro atoms. The molecule has 0 radical (unpaired) electrons. The van der Waals surface area contributed by atoms with Gasteiger partial charge in [0.2, 0.25) is 0 Å². The fourth-order valence-electron chi connectivity index (χ4n) is 1.85. The molecule has 16 heavy (non-hydrogen) atoms. The van der Waals surface area contributed by atoms with Crippen LogP contribution in [-0.4, -0.2) is 43.8 Å². The van der Waals surface area contributed by atoms with E-state index in [9.17, 15) is 9.59 Å². The lowest BCUT2D eigenvalue weighted by atomic mass is 9.94. The van der Waals surface area contributed by atoms with Crippen LogP contribution in [0.4, 0.5) is 4.79 Å². The van der Waals surface area contributed by atoms with E-state index in [1.54, 1.807) is 11.8 Å². The minimum atomic E-state index is -0.251. The van der Waals surface area contributed by atoms with Crippen LogP contribution >= 0.6 is 0 Å². The molecule has 1 fully saturated rings. The zero-order valence-electron chi connectivity index (χ0n) is 9.90. The molecule has 0 aromatic carbocycles. The third kappa shape index (κ3) is 3.72. The van der Waals surface area contributed by atoms with Crippen molar-refractivity contribution < 1.29 is 19.1 Å². The molecule has 5 nitrogen and oxygen atoms in total. The molecule has 1 rings (SSSR count). The molecular formula is C11H19NO4. The van der Waals surface area contributed by atoms with Crippen molar-refractivity contribution in [3.8, 4) is 0 Å². The molecule has 1 amide bonds. The fraction of sp³-hybridized carbons (Fsp3) is 0.818. The van der Waals surface area contributed by atoms with E-state index < -0.39 is 0 Å². The van der Waals surface area contributed by atoms with Crippen molar-refractivity contribution in [3.05, 3.63) is 0 Å². The molecule has 0 aromatic heterocycles. The van der Waals surface area contributed by atoms with Gasteiger partial charge in [0.15, 0.2) is 0 Å². The van der Waals surface area contributed by atoms with Gasteiger partial charge in [-0.25, -0.2) is 4.79 Å². The maximum atomic E-state index is 11.4. The molecular weight excluding hydrogens is 210 g/mol. The van der Waals surface area contributed by atoms with Crippen molar-refractivity contribution in [1.82, 2.24) is 4.90 Å². The second-order valence-electron chi connectivity index (χ2n) is 3.91. The van der Waals surface area contributed by atoms with E-state index in [0.29, 0.717) is 32.0 Å². The summed E-state index contributed by atoms with van der Waals surface area (Å²) in [5.74, 6) is 0.160. The van der Waals surface area contributed by atoms with Gasteiger partial charge in [-0.15, -0.1) is 0 Å². The van der Waals surface area contributed by atoms with Crippen LogP contribution in [0.3, 0.4) is 0 Å². The van der Waals surface area contributed by atoms with Crippen molar-refractivity contribution in [2.24, 2.45) is 5.92 Å². The van der Waals surface area contributed by atoms with Crippen molar-refractivity contribution >= 4 is 12.1 Å². The van der Waals surface area contributed by atoms with E-state index in [1.165, 1.54) is 7.11 Å². The Bertz CT molecular complexity index is 246. The van der Waals surface area contributed by atoms with Crippen LogP contribution in [0.2, 0.25) is 0 Å². The van der Waals surface area contributed by atoms with Crippen LogP contribution < -0.4 is 0 Å². The minimum absolute atomic E-state index is 0.172. The monoisotopic (exact) mass is 229 g/mol. The second-order valence-corrected chi connectivity index (χ2v) is 3.91. The van der Waals surface area contributed by atoms with Gasteiger partial charge in [0.25, 0.3) is 0 Å². The predicted octanol–water partition coefficient (Wildman–Crippen LogP) is 1.42. The number of nitrogens with zero attached hydrogens (tertiary/aromatic N) is 1. The Kier molecular flexibility index (Phi) is 5.08. The molecule has 0 aliphatic carbocycles. The highest BCUT2D eigenvalue weighted by atomic mass is 16.6. The van der Waals surface area contributed by atoms with Gasteiger partial charge in [-0.1, -0.05) is 0 Å². The summed E-state index contributed by atoms with van der Waals surface area (Å²) in [5, 5.41) is 0. The number of amides is 1. The first-order chi connectivity index (χ1) is 7.67. The Balaban J connectivity index is 2.28. The summed E-state index contributed by atoms with van der Waals surface area (Å²) >= 11 is 0. The Morgan fingerprint density at radius 3 is 2.44 bits per heavy atom. The third-order valence-corrected chi connectivity index (χ3v) is 2.82. The summed E-state index contributed by atoms with van der Waals surface area (Å²) in [7, 11) is 1.40. The first kappa shape index (κ1) is 12.8. The smallest absolute Gasteiger partial charge is 0.409 e. The van der Waals surface area contributed by atoms with Gasteiger partial charge in [-0.3, -0.25) is 4.79 Å². The number of esters is 1. The number of ether oxygens (including phenoxy) is 2. The van der Waals surface area contributed by atoms with Crippen LogP contribution in [0, 0.1) is 5.92 Å². The summed E-state index contributed by atoms with van der Waals surface area (Å²) in [6.07, 6.45) is 1.88. The maximum absolute atomic E-state index is 11.4. The molecule has 5 heteroatoms. The number of methoxy groups -OCH3 is 1. The van der Waals surface area contributed by atoms with Gasteiger partial charge < -0.3 is 14.4 Å². The Morgan fingerprint density at radius 2 is 1.94 bits per heavy atom. The zero-order chi connectivity index (χ0) is 12.0. The number of hydrogen-bond donors (Lipinski definition) is 0. The van der Waals surface area contributed by atoms with E-state index in [1.807, 2.05) is 0 Å². The van der Waals surface area contributed by atoms with Crippen molar-refractivity contribution in [3.63, 3.8) is 0 Å².